The minimum atomic E-state index is -0.640. The Labute approximate surface area is 86.1 Å². The van der Waals surface area contributed by atoms with Gasteiger partial charge >= 0.3 is 5.97 Å². The van der Waals surface area contributed by atoms with E-state index < -0.39 is 10.9 Å². The Balaban J connectivity index is 3.05. The van der Waals surface area contributed by atoms with Crippen LogP contribution in [0.25, 0.3) is 0 Å². The normalized spacial score (nSPS) is 9.40. The topological polar surface area (TPSA) is 69.4 Å². The highest BCUT2D eigenvalue weighted by Crippen LogP contribution is 2.24. The Morgan fingerprint density at radius 3 is 2.80 bits per heavy atom. The number of nitro benzene ring substituents is 1. The molecule has 0 bridgehead atoms. The quantitative estimate of drug-likeness (QED) is 0.250. The molecule has 15 heavy (non-hydrogen) atoms. The number of carbonyl (C=O) groups is 1. The van der Waals surface area contributed by atoms with Gasteiger partial charge in [0, 0.05) is 12.1 Å². The maximum absolute atomic E-state index is 10.9. The van der Waals surface area contributed by atoms with Gasteiger partial charge in [-0.1, -0.05) is 6.58 Å². The Kier molecular flexibility index (Phi) is 3.17. The molecule has 0 spiro atoms. The molecule has 5 nitrogen and oxygen atoms in total. The molecule has 0 aliphatic carbocycles. The lowest BCUT2D eigenvalue weighted by Gasteiger charge is -2.04. The van der Waals surface area contributed by atoms with Gasteiger partial charge in [0.25, 0.3) is 5.69 Å². The van der Waals surface area contributed by atoms with Crippen molar-refractivity contribution in [1.29, 1.82) is 0 Å². The molecule has 5 heteroatoms. The van der Waals surface area contributed by atoms with Crippen LogP contribution in [-0.2, 0) is 4.79 Å². The van der Waals surface area contributed by atoms with E-state index in [0.717, 1.165) is 6.08 Å². The van der Waals surface area contributed by atoms with Gasteiger partial charge in [0.1, 0.15) is 5.75 Å². The van der Waals surface area contributed by atoms with Gasteiger partial charge in [0.15, 0.2) is 0 Å². The van der Waals surface area contributed by atoms with Crippen LogP contribution in [0.2, 0.25) is 0 Å². The summed E-state index contributed by atoms with van der Waals surface area (Å²) in [4.78, 5) is 20.8. The van der Waals surface area contributed by atoms with Crippen molar-refractivity contribution in [3.8, 4) is 5.75 Å². The number of nitrogens with zero attached hydrogens (tertiary/aromatic N) is 1. The number of nitro groups is 1. The van der Waals surface area contributed by atoms with Crippen molar-refractivity contribution in [3.05, 3.63) is 46.5 Å². The number of benzene rings is 1. The summed E-state index contributed by atoms with van der Waals surface area (Å²) < 4.78 is 4.82. The lowest BCUT2D eigenvalue weighted by atomic mass is 10.2. The first-order valence-corrected chi connectivity index (χ1v) is 4.14. The van der Waals surface area contributed by atoms with Gasteiger partial charge in [0.2, 0.25) is 0 Å². The molecular formula is C10H9NO4. The van der Waals surface area contributed by atoms with E-state index in [1.54, 1.807) is 6.92 Å². The Hall–Kier alpha value is -2.17. The second kappa shape index (κ2) is 4.36. The summed E-state index contributed by atoms with van der Waals surface area (Å²) in [5, 5.41) is 10.5. The molecule has 0 saturated heterocycles. The van der Waals surface area contributed by atoms with Crippen molar-refractivity contribution >= 4 is 11.7 Å². The van der Waals surface area contributed by atoms with Crippen LogP contribution in [0.15, 0.2) is 30.9 Å². The average molecular weight is 207 g/mol. The van der Waals surface area contributed by atoms with Crippen LogP contribution < -0.4 is 4.74 Å². The Morgan fingerprint density at radius 2 is 2.27 bits per heavy atom. The molecule has 0 radical (unpaired) electrons. The second-order valence-corrected chi connectivity index (χ2v) is 2.83. The minimum absolute atomic E-state index is 0.118. The van der Waals surface area contributed by atoms with Crippen molar-refractivity contribution in [3.63, 3.8) is 0 Å². The van der Waals surface area contributed by atoms with E-state index in [-0.39, 0.29) is 11.4 Å². The van der Waals surface area contributed by atoms with E-state index in [9.17, 15) is 14.9 Å². The third-order valence-corrected chi connectivity index (χ3v) is 1.76. The highest BCUT2D eigenvalue weighted by molar-refractivity contribution is 5.83. The minimum Gasteiger partial charge on any atom is -0.423 e. The van der Waals surface area contributed by atoms with Crippen LogP contribution in [0.5, 0.6) is 5.75 Å². The van der Waals surface area contributed by atoms with E-state index in [4.69, 9.17) is 4.74 Å². The third-order valence-electron chi connectivity index (χ3n) is 1.76. The number of hydrogen-bond donors (Lipinski definition) is 0. The van der Waals surface area contributed by atoms with Gasteiger partial charge in [-0.05, 0) is 18.6 Å². The fourth-order valence-electron chi connectivity index (χ4n) is 0.962. The summed E-state index contributed by atoms with van der Waals surface area (Å²) in [7, 11) is 0. The zero-order valence-corrected chi connectivity index (χ0v) is 8.10. The lowest BCUT2D eigenvalue weighted by Crippen LogP contribution is -2.04. The number of carbonyl (C=O) groups excluding carboxylic acids is 1. The van der Waals surface area contributed by atoms with Crippen molar-refractivity contribution in [1.82, 2.24) is 0 Å². The van der Waals surface area contributed by atoms with Crippen LogP contribution >= 0.6 is 0 Å². The highest BCUT2D eigenvalue weighted by Gasteiger charge is 2.11. The van der Waals surface area contributed by atoms with Gasteiger partial charge in [-0.2, -0.15) is 0 Å². The van der Waals surface area contributed by atoms with E-state index in [0.29, 0.717) is 5.56 Å². The van der Waals surface area contributed by atoms with Crippen molar-refractivity contribution in [2.24, 2.45) is 0 Å². The Morgan fingerprint density at radius 1 is 1.60 bits per heavy atom. The molecule has 0 atom stereocenters. The smallest absolute Gasteiger partial charge is 0.335 e. The SMILES string of the molecule is C=CC(=O)Oc1cc([N+](=O)[O-])ccc1C. The molecule has 0 N–H and O–H groups in total. The second-order valence-electron chi connectivity index (χ2n) is 2.83. The first kappa shape index (κ1) is 10.9. The largest absolute Gasteiger partial charge is 0.423 e. The van der Waals surface area contributed by atoms with Gasteiger partial charge < -0.3 is 4.74 Å². The summed E-state index contributed by atoms with van der Waals surface area (Å²) in [6, 6.07) is 4.07. The first-order valence-electron chi connectivity index (χ1n) is 4.14. The van der Waals surface area contributed by atoms with Crippen LogP contribution in [0.4, 0.5) is 5.69 Å². The Bertz CT molecular complexity index is 425. The summed E-state index contributed by atoms with van der Waals surface area (Å²) in [6.07, 6.45) is 0.998. The molecule has 0 unspecified atom stereocenters. The number of rotatable bonds is 3. The number of hydrogen-bond acceptors (Lipinski definition) is 4. The molecule has 78 valence electrons. The predicted octanol–water partition coefficient (Wildman–Crippen LogP) is 1.99. The zero-order valence-electron chi connectivity index (χ0n) is 8.10. The van der Waals surface area contributed by atoms with Crippen molar-refractivity contribution in [2.75, 3.05) is 0 Å². The molecule has 0 aliphatic heterocycles. The van der Waals surface area contributed by atoms with E-state index >= 15 is 0 Å². The first-order chi connectivity index (χ1) is 7.04. The molecule has 1 aromatic carbocycles. The van der Waals surface area contributed by atoms with Gasteiger partial charge in [-0.25, -0.2) is 4.79 Å². The predicted molar refractivity (Wildman–Crippen MR) is 53.7 cm³/mol. The number of non-ortho nitro benzene ring substituents is 1. The van der Waals surface area contributed by atoms with E-state index in [1.807, 2.05) is 0 Å². The highest BCUT2D eigenvalue weighted by atomic mass is 16.6. The van der Waals surface area contributed by atoms with Crippen molar-refractivity contribution < 1.29 is 14.5 Å². The maximum Gasteiger partial charge on any atom is 0.335 e. The molecule has 1 rings (SSSR count). The molecule has 0 fully saturated rings. The van der Waals surface area contributed by atoms with Gasteiger partial charge in [0.05, 0.1) is 11.0 Å². The van der Waals surface area contributed by atoms with Gasteiger partial charge in [-0.3, -0.25) is 10.1 Å². The average Bonchev–Trinajstić information content (AvgIpc) is 2.20. The zero-order chi connectivity index (χ0) is 11.4. The summed E-state index contributed by atoms with van der Waals surface area (Å²) >= 11 is 0. The molecule has 0 aromatic heterocycles. The summed E-state index contributed by atoms with van der Waals surface area (Å²) in [5.41, 5.74) is 0.531. The molecule has 0 amide bonds. The fourth-order valence-corrected chi connectivity index (χ4v) is 0.962. The van der Waals surface area contributed by atoms with Crippen LogP contribution in [0.3, 0.4) is 0 Å². The van der Waals surface area contributed by atoms with Crippen molar-refractivity contribution in [2.45, 2.75) is 6.92 Å². The molecule has 0 heterocycles. The van der Waals surface area contributed by atoms with Crippen LogP contribution in [-0.4, -0.2) is 10.9 Å². The van der Waals surface area contributed by atoms with Crippen LogP contribution in [0, 0.1) is 17.0 Å². The molecule has 0 aliphatic rings. The standard InChI is InChI=1S/C10H9NO4/c1-3-10(12)15-9-6-8(11(13)14)5-4-7(9)2/h3-6H,1H2,2H3. The monoisotopic (exact) mass is 207 g/mol. The number of ether oxygens (including phenoxy) is 1. The summed E-state index contributed by atoms with van der Waals surface area (Å²) in [5.74, 6) is -0.465. The van der Waals surface area contributed by atoms with E-state index in [1.165, 1.54) is 18.2 Å². The van der Waals surface area contributed by atoms with Crippen LogP contribution in [0.1, 0.15) is 5.56 Å². The van der Waals surface area contributed by atoms with E-state index in [2.05, 4.69) is 6.58 Å². The molecule has 0 saturated carbocycles. The fraction of sp³-hybridized carbons (Fsp3) is 0.100. The molecular weight excluding hydrogens is 198 g/mol. The summed E-state index contributed by atoms with van der Waals surface area (Å²) in [6.45, 7) is 4.93. The number of aryl methyl sites for hydroxylation is 1. The van der Waals surface area contributed by atoms with Gasteiger partial charge in [-0.15, -0.1) is 0 Å². The maximum atomic E-state index is 10.9. The lowest BCUT2D eigenvalue weighted by molar-refractivity contribution is -0.384. The molecule has 1 aromatic rings. The number of esters is 1. The third kappa shape index (κ3) is 2.63.